The van der Waals surface area contributed by atoms with E-state index >= 15 is 0 Å². The number of hydrogen-bond acceptors (Lipinski definition) is 3. The quantitative estimate of drug-likeness (QED) is 0.782. The third kappa shape index (κ3) is 4.18. The van der Waals surface area contributed by atoms with Crippen molar-refractivity contribution in [3.8, 4) is 5.75 Å². The fourth-order valence-electron chi connectivity index (χ4n) is 4.92. The Morgan fingerprint density at radius 3 is 2.52 bits per heavy atom. The Hall–Kier alpha value is -2.82. The lowest BCUT2D eigenvalue weighted by Crippen LogP contribution is -2.63. The van der Waals surface area contributed by atoms with E-state index in [9.17, 15) is 9.59 Å². The van der Waals surface area contributed by atoms with Gasteiger partial charge in [0.15, 0.2) is 0 Å². The maximum absolute atomic E-state index is 13.6. The van der Waals surface area contributed by atoms with Crippen molar-refractivity contribution in [2.75, 3.05) is 7.11 Å². The van der Waals surface area contributed by atoms with Crippen LogP contribution in [0.4, 0.5) is 0 Å². The van der Waals surface area contributed by atoms with Crippen LogP contribution in [0, 0.1) is 5.92 Å². The first kappa shape index (κ1) is 21.4. The first-order chi connectivity index (χ1) is 14.9. The Kier molecular flexibility index (Phi) is 6.03. The Morgan fingerprint density at radius 1 is 1.10 bits per heavy atom. The smallest absolute Gasteiger partial charge is 0.255 e. The highest BCUT2D eigenvalue weighted by atomic mass is 16.5. The summed E-state index contributed by atoms with van der Waals surface area (Å²) < 4.78 is 5.51. The van der Waals surface area contributed by atoms with Crippen LogP contribution < -0.4 is 10.1 Å². The second-order valence-electron chi connectivity index (χ2n) is 9.24. The van der Waals surface area contributed by atoms with Crippen LogP contribution in [-0.2, 0) is 17.8 Å². The van der Waals surface area contributed by atoms with Gasteiger partial charge in [0, 0.05) is 23.6 Å². The summed E-state index contributed by atoms with van der Waals surface area (Å²) in [6.45, 7) is 4.49. The molecule has 1 atom stereocenters. The van der Waals surface area contributed by atoms with Crippen molar-refractivity contribution in [2.24, 2.45) is 5.92 Å². The van der Waals surface area contributed by atoms with Crippen LogP contribution in [0.25, 0.3) is 0 Å². The molecule has 2 aromatic carbocycles. The number of ether oxygens (including phenoxy) is 1. The molecule has 1 N–H and O–H groups in total. The molecule has 1 aliphatic heterocycles. The van der Waals surface area contributed by atoms with E-state index in [1.165, 1.54) is 0 Å². The Morgan fingerprint density at radius 2 is 1.77 bits per heavy atom. The van der Waals surface area contributed by atoms with Crippen LogP contribution in [0.15, 0.2) is 48.5 Å². The lowest BCUT2D eigenvalue weighted by molar-refractivity contribution is -0.133. The highest BCUT2D eigenvalue weighted by Gasteiger charge is 2.47. The third-order valence-electron chi connectivity index (χ3n) is 6.98. The number of fused-ring (bicyclic) bond motifs is 1. The predicted octanol–water partition coefficient (Wildman–Crippen LogP) is 4.35. The van der Waals surface area contributed by atoms with Gasteiger partial charge in [-0.25, -0.2) is 0 Å². The molecule has 31 heavy (non-hydrogen) atoms. The highest BCUT2D eigenvalue weighted by Crippen LogP contribution is 2.35. The monoisotopic (exact) mass is 420 g/mol. The summed E-state index contributed by atoms with van der Waals surface area (Å²) >= 11 is 0. The topological polar surface area (TPSA) is 58.6 Å². The molecule has 5 nitrogen and oxygen atoms in total. The van der Waals surface area contributed by atoms with E-state index in [0.717, 1.165) is 42.6 Å². The molecule has 0 spiro atoms. The van der Waals surface area contributed by atoms with Gasteiger partial charge in [0.2, 0.25) is 5.91 Å². The van der Waals surface area contributed by atoms with Gasteiger partial charge in [-0.3, -0.25) is 9.59 Å². The van der Waals surface area contributed by atoms with E-state index in [1.54, 1.807) is 12.0 Å². The lowest BCUT2D eigenvalue weighted by Gasteiger charge is -2.45. The van der Waals surface area contributed by atoms with E-state index in [4.69, 9.17) is 4.74 Å². The van der Waals surface area contributed by atoms with Crippen molar-refractivity contribution in [1.82, 2.24) is 10.2 Å². The zero-order valence-corrected chi connectivity index (χ0v) is 18.7. The van der Waals surface area contributed by atoms with Gasteiger partial charge in [0.1, 0.15) is 11.3 Å². The molecule has 0 saturated heterocycles. The number of rotatable bonds is 5. The van der Waals surface area contributed by atoms with Gasteiger partial charge < -0.3 is 15.0 Å². The summed E-state index contributed by atoms with van der Waals surface area (Å²) in [4.78, 5) is 29.0. The van der Waals surface area contributed by atoms with Crippen molar-refractivity contribution < 1.29 is 14.3 Å². The number of amides is 2. The molecule has 0 aromatic heterocycles. The first-order valence-electron chi connectivity index (χ1n) is 11.2. The van der Waals surface area contributed by atoms with Crippen molar-refractivity contribution in [1.29, 1.82) is 0 Å². The molecule has 1 heterocycles. The van der Waals surface area contributed by atoms with Gasteiger partial charge in [-0.15, -0.1) is 0 Å². The molecule has 1 saturated carbocycles. The number of carbonyl (C=O) groups is 2. The number of para-hydroxylation sites is 1. The standard InChI is InChI=1S/C26H32N2O3/c1-18-12-14-21(15-13-18)27-25(30)26(2)16-19-8-4-6-10-22(19)24(29)28(26)17-20-9-5-7-11-23(20)31-3/h4-11,18,21H,12-17H2,1-3H3,(H,27,30)/t18?,21?,26-/m0/s1. The minimum atomic E-state index is -0.963. The molecule has 5 heteroatoms. The summed E-state index contributed by atoms with van der Waals surface area (Å²) in [5, 5.41) is 3.28. The summed E-state index contributed by atoms with van der Waals surface area (Å²) in [7, 11) is 1.63. The normalized spacial score (nSPS) is 25.6. The molecule has 0 radical (unpaired) electrons. The van der Waals surface area contributed by atoms with Crippen molar-refractivity contribution in [3.63, 3.8) is 0 Å². The van der Waals surface area contributed by atoms with E-state index < -0.39 is 5.54 Å². The van der Waals surface area contributed by atoms with Crippen LogP contribution >= 0.6 is 0 Å². The number of benzene rings is 2. The van der Waals surface area contributed by atoms with Crippen molar-refractivity contribution in [3.05, 3.63) is 65.2 Å². The van der Waals surface area contributed by atoms with Crippen molar-refractivity contribution >= 4 is 11.8 Å². The highest BCUT2D eigenvalue weighted by molar-refractivity contribution is 6.02. The molecule has 2 aliphatic rings. The molecule has 4 rings (SSSR count). The molecule has 0 unspecified atom stereocenters. The largest absolute Gasteiger partial charge is 0.496 e. The molecule has 2 aromatic rings. The number of nitrogens with one attached hydrogen (secondary N) is 1. The molecule has 1 fully saturated rings. The molecule has 164 valence electrons. The summed E-state index contributed by atoms with van der Waals surface area (Å²) in [5.41, 5.74) is 1.53. The molecule has 2 amide bonds. The van der Waals surface area contributed by atoms with Gasteiger partial charge in [-0.1, -0.05) is 43.3 Å². The minimum absolute atomic E-state index is 0.0650. The van der Waals surface area contributed by atoms with Gasteiger partial charge in [-0.2, -0.15) is 0 Å². The van der Waals surface area contributed by atoms with Gasteiger partial charge in [0.25, 0.3) is 5.91 Å². The molecular formula is C26H32N2O3. The molecule has 1 aliphatic carbocycles. The van der Waals surface area contributed by atoms with Gasteiger partial charge in [0.05, 0.1) is 13.7 Å². The Balaban J connectivity index is 1.66. The number of methoxy groups -OCH3 is 1. The van der Waals surface area contributed by atoms with Crippen LogP contribution in [-0.4, -0.2) is 35.4 Å². The lowest BCUT2D eigenvalue weighted by atomic mass is 9.81. The Bertz CT molecular complexity index is 965. The van der Waals surface area contributed by atoms with Crippen molar-refractivity contribution in [2.45, 2.75) is 64.1 Å². The number of nitrogens with zero attached hydrogens (tertiary/aromatic N) is 1. The zero-order chi connectivity index (χ0) is 22.0. The SMILES string of the molecule is COc1ccccc1CN1C(=O)c2ccccc2C[C@@]1(C)C(=O)NC1CCC(C)CC1. The number of carbonyl (C=O) groups excluding carboxylic acids is 2. The fourth-order valence-corrected chi connectivity index (χ4v) is 4.92. The fraction of sp³-hybridized carbons (Fsp3) is 0.462. The van der Waals surface area contributed by atoms with Crippen LogP contribution in [0.3, 0.4) is 0 Å². The second kappa shape index (κ2) is 8.74. The summed E-state index contributed by atoms with van der Waals surface area (Å²) in [5.74, 6) is 1.26. The maximum atomic E-state index is 13.6. The maximum Gasteiger partial charge on any atom is 0.255 e. The third-order valence-corrected chi connectivity index (χ3v) is 6.98. The van der Waals surface area contributed by atoms with E-state index in [0.29, 0.717) is 24.4 Å². The second-order valence-corrected chi connectivity index (χ2v) is 9.24. The van der Waals surface area contributed by atoms with E-state index in [-0.39, 0.29) is 17.9 Å². The summed E-state index contributed by atoms with van der Waals surface area (Å²) in [6.07, 6.45) is 4.77. The average molecular weight is 421 g/mol. The molecule has 0 bridgehead atoms. The van der Waals surface area contributed by atoms with Gasteiger partial charge >= 0.3 is 0 Å². The minimum Gasteiger partial charge on any atom is -0.496 e. The van der Waals surface area contributed by atoms with E-state index in [2.05, 4.69) is 12.2 Å². The first-order valence-corrected chi connectivity index (χ1v) is 11.2. The van der Waals surface area contributed by atoms with Gasteiger partial charge in [-0.05, 0) is 56.2 Å². The van der Waals surface area contributed by atoms with Crippen LogP contribution in [0.1, 0.15) is 61.0 Å². The Labute approximate surface area is 184 Å². The zero-order valence-electron chi connectivity index (χ0n) is 18.7. The average Bonchev–Trinajstić information content (AvgIpc) is 2.78. The predicted molar refractivity (Wildman–Crippen MR) is 121 cm³/mol. The molecular weight excluding hydrogens is 388 g/mol. The number of hydrogen-bond donors (Lipinski definition) is 1. The van der Waals surface area contributed by atoms with E-state index in [1.807, 2.05) is 55.5 Å². The van der Waals surface area contributed by atoms with Crippen LogP contribution in [0.2, 0.25) is 0 Å². The summed E-state index contributed by atoms with van der Waals surface area (Å²) in [6, 6.07) is 15.5. The van der Waals surface area contributed by atoms with Crippen LogP contribution in [0.5, 0.6) is 5.75 Å².